The molecule has 3 rings (SSSR count). The molecule has 1 heterocycles. The number of carboxylic acid groups (broad SMARTS) is 1. The van der Waals surface area contributed by atoms with Gasteiger partial charge in [0.25, 0.3) is 5.56 Å². The predicted octanol–water partition coefficient (Wildman–Crippen LogP) is 5.26. The second kappa shape index (κ2) is 7.75. The van der Waals surface area contributed by atoms with Crippen LogP contribution in [0.2, 0.25) is 0 Å². The third kappa shape index (κ3) is 4.28. The first kappa shape index (κ1) is 22.4. The van der Waals surface area contributed by atoms with Crippen LogP contribution in [0.3, 0.4) is 0 Å². The number of aryl methyl sites for hydroxylation is 1. The fraction of sp³-hybridized carbons (Fsp3) is 0.238. The van der Waals surface area contributed by atoms with Gasteiger partial charge in [0, 0.05) is 13.5 Å². The van der Waals surface area contributed by atoms with Gasteiger partial charge >= 0.3 is 18.3 Å². The van der Waals surface area contributed by atoms with Gasteiger partial charge in [0.1, 0.15) is 5.69 Å². The Kier molecular flexibility index (Phi) is 5.60. The number of pyridine rings is 1. The van der Waals surface area contributed by atoms with Crippen LogP contribution in [0.15, 0.2) is 47.3 Å². The van der Waals surface area contributed by atoms with E-state index in [2.05, 4.69) is 0 Å². The summed E-state index contributed by atoms with van der Waals surface area (Å²) in [7, 11) is 0.762. The van der Waals surface area contributed by atoms with Gasteiger partial charge in [-0.1, -0.05) is 36.4 Å². The van der Waals surface area contributed by atoms with Crippen molar-refractivity contribution in [2.45, 2.75) is 25.2 Å². The summed E-state index contributed by atoms with van der Waals surface area (Å²) >= 11 is 0. The molecule has 164 valence electrons. The number of alkyl halides is 6. The molecule has 0 fully saturated rings. The second-order valence-electron chi connectivity index (χ2n) is 6.89. The van der Waals surface area contributed by atoms with E-state index in [0.29, 0.717) is 10.9 Å². The van der Waals surface area contributed by atoms with Crippen LogP contribution in [0.25, 0.3) is 21.9 Å². The predicted molar refractivity (Wildman–Crippen MR) is 101 cm³/mol. The Morgan fingerprint density at radius 1 is 0.968 bits per heavy atom. The summed E-state index contributed by atoms with van der Waals surface area (Å²) in [6.07, 6.45) is -10.5. The Morgan fingerprint density at radius 3 is 2.16 bits per heavy atom. The fourth-order valence-electron chi connectivity index (χ4n) is 3.51. The van der Waals surface area contributed by atoms with Crippen LogP contribution in [0.1, 0.15) is 23.2 Å². The summed E-state index contributed by atoms with van der Waals surface area (Å²) < 4.78 is 81.0. The van der Waals surface area contributed by atoms with Crippen molar-refractivity contribution in [2.24, 2.45) is 7.05 Å². The number of carbonyl (C=O) groups is 1. The van der Waals surface area contributed by atoms with Gasteiger partial charge in [-0.3, -0.25) is 9.59 Å². The highest BCUT2D eigenvalue weighted by Gasteiger charge is 2.41. The van der Waals surface area contributed by atoms with E-state index in [-0.39, 0.29) is 34.4 Å². The highest BCUT2D eigenvalue weighted by atomic mass is 19.4. The van der Waals surface area contributed by atoms with Crippen LogP contribution >= 0.6 is 0 Å². The first-order valence-corrected chi connectivity index (χ1v) is 8.93. The number of rotatable bonds is 4. The SMILES string of the molecule is Cn1c(C(F)(F)F)cc(C(F)(F)F)c(-c2cccc3c(CCC(=O)O)cccc23)c1=O. The van der Waals surface area contributed by atoms with Crippen LogP contribution < -0.4 is 5.56 Å². The smallest absolute Gasteiger partial charge is 0.431 e. The lowest BCUT2D eigenvalue weighted by Gasteiger charge is -2.20. The zero-order valence-electron chi connectivity index (χ0n) is 15.9. The second-order valence-corrected chi connectivity index (χ2v) is 6.89. The largest absolute Gasteiger partial charge is 0.481 e. The first-order chi connectivity index (χ1) is 14.3. The van der Waals surface area contributed by atoms with E-state index in [1.54, 1.807) is 12.1 Å². The number of hydrogen-bond donors (Lipinski definition) is 1. The number of carboxylic acids is 1. The number of benzene rings is 2. The molecule has 1 N–H and O–H groups in total. The quantitative estimate of drug-likeness (QED) is 0.560. The maximum Gasteiger partial charge on any atom is 0.431 e. The topological polar surface area (TPSA) is 59.3 Å². The average Bonchev–Trinajstić information content (AvgIpc) is 2.66. The molecule has 0 saturated carbocycles. The molecule has 10 heteroatoms. The van der Waals surface area contributed by atoms with Crippen LogP contribution in [0.4, 0.5) is 26.3 Å². The highest BCUT2D eigenvalue weighted by molar-refractivity contribution is 5.99. The van der Waals surface area contributed by atoms with Crippen molar-refractivity contribution in [1.82, 2.24) is 4.57 Å². The number of fused-ring (bicyclic) bond motifs is 1. The van der Waals surface area contributed by atoms with Gasteiger partial charge in [-0.25, -0.2) is 0 Å². The molecule has 0 saturated heterocycles. The molecule has 4 nitrogen and oxygen atoms in total. The molecule has 31 heavy (non-hydrogen) atoms. The van der Waals surface area contributed by atoms with Crippen molar-refractivity contribution < 1.29 is 36.2 Å². The Labute approximate surface area is 171 Å². The standard InChI is InChI=1S/C21H15F6NO3/c1-28-16(21(25,26)27)10-15(20(22,23)24)18(19(28)31)14-7-3-5-12-11(8-9-17(29)30)4-2-6-13(12)14/h2-7,10H,8-9H2,1H3,(H,29,30). The van der Waals surface area contributed by atoms with Gasteiger partial charge in [0.05, 0.1) is 11.1 Å². The van der Waals surface area contributed by atoms with Gasteiger partial charge in [0.15, 0.2) is 0 Å². The van der Waals surface area contributed by atoms with Crippen molar-refractivity contribution in [3.63, 3.8) is 0 Å². The van der Waals surface area contributed by atoms with E-state index in [9.17, 15) is 35.9 Å². The first-order valence-electron chi connectivity index (χ1n) is 8.93. The van der Waals surface area contributed by atoms with Gasteiger partial charge < -0.3 is 9.67 Å². The minimum Gasteiger partial charge on any atom is -0.481 e. The van der Waals surface area contributed by atoms with Crippen LogP contribution in [-0.4, -0.2) is 15.6 Å². The van der Waals surface area contributed by atoms with Gasteiger partial charge in [-0.15, -0.1) is 0 Å². The van der Waals surface area contributed by atoms with Crippen LogP contribution in [0, 0.1) is 0 Å². The number of hydrogen-bond acceptors (Lipinski definition) is 2. The normalized spacial score (nSPS) is 12.4. The zero-order valence-corrected chi connectivity index (χ0v) is 15.9. The van der Waals surface area contributed by atoms with E-state index in [1.807, 2.05) is 0 Å². The summed E-state index contributed by atoms with van der Waals surface area (Å²) in [5, 5.41) is 9.52. The summed E-state index contributed by atoms with van der Waals surface area (Å²) in [5.74, 6) is -1.07. The van der Waals surface area contributed by atoms with E-state index in [1.165, 1.54) is 24.3 Å². The van der Waals surface area contributed by atoms with E-state index < -0.39 is 40.7 Å². The molecule has 0 radical (unpaired) electrons. The van der Waals surface area contributed by atoms with Crippen LogP contribution in [-0.2, 0) is 30.6 Å². The summed E-state index contributed by atoms with van der Waals surface area (Å²) in [5.41, 5.74) is -5.40. The lowest BCUT2D eigenvalue weighted by atomic mass is 9.92. The van der Waals surface area contributed by atoms with E-state index in [0.717, 1.165) is 7.05 Å². The van der Waals surface area contributed by atoms with Crippen molar-refractivity contribution in [3.05, 3.63) is 69.6 Å². The third-order valence-corrected chi connectivity index (χ3v) is 4.92. The molecule has 2 aromatic carbocycles. The molecule has 0 aliphatic carbocycles. The highest BCUT2D eigenvalue weighted by Crippen LogP contribution is 2.41. The molecule has 0 atom stereocenters. The fourth-order valence-corrected chi connectivity index (χ4v) is 3.51. The number of halogens is 6. The number of nitrogens with zero attached hydrogens (tertiary/aromatic N) is 1. The van der Waals surface area contributed by atoms with Gasteiger partial charge in [-0.05, 0) is 34.4 Å². The average molecular weight is 443 g/mol. The molecule has 0 bridgehead atoms. The lowest BCUT2D eigenvalue weighted by molar-refractivity contribution is -0.147. The molecule has 0 spiro atoms. The Balaban J connectivity index is 2.38. The van der Waals surface area contributed by atoms with Crippen LogP contribution in [0.5, 0.6) is 0 Å². The monoisotopic (exact) mass is 443 g/mol. The molecular weight excluding hydrogens is 428 g/mol. The molecule has 0 aliphatic rings. The van der Waals surface area contributed by atoms with Crippen molar-refractivity contribution in [1.29, 1.82) is 0 Å². The van der Waals surface area contributed by atoms with Crippen molar-refractivity contribution in [3.8, 4) is 11.1 Å². The molecular formula is C21H15F6NO3. The van der Waals surface area contributed by atoms with Gasteiger partial charge in [0.2, 0.25) is 0 Å². The minimum atomic E-state index is -5.22. The van der Waals surface area contributed by atoms with Crippen molar-refractivity contribution >= 4 is 16.7 Å². The third-order valence-electron chi connectivity index (χ3n) is 4.92. The molecule has 0 unspecified atom stereocenters. The maximum atomic E-state index is 13.7. The summed E-state index contributed by atoms with van der Waals surface area (Å²) in [6, 6.07) is 8.62. The molecule has 1 aromatic heterocycles. The Morgan fingerprint density at radius 2 is 1.58 bits per heavy atom. The lowest BCUT2D eigenvalue weighted by Crippen LogP contribution is -2.30. The zero-order chi connectivity index (χ0) is 23.1. The van der Waals surface area contributed by atoms with Crippen molar-refractivity contribution in [2.75, 3.05) is 0 Å². The van der Waals surface area contributed by atoms with E-state index >= 15 is 0 Å². The molecule has 3 aromatic rings. The number of aliphatic carboxylic acids is 1. The summed E-state index contributed by atoms with van der Waals surface area (Å²) in [4.78, 5) is 23.6. The van der Waals surface area contributed by atoms with Gasteiger partial charge in [-0.2, -0.15) is 26.3 Å². The maximum absolute atomic E-state index is 13.7. The molecule has 0 amide bonds. The minimum absolute atomic E-state index is 0.0656. The number of aromatic nitrogens is 1. The Hall–Kier alpha value is -3.30. The molecule has 0 aliphatic heterocycles. The van der Waals surface area contributed by atoms with E-state index in [4.69, 9.17) is 5.11 Å². The Bertz CT molecular complexity index is 1220. The summed E-state index contributed by atoms with van der Waals surface area (Å²) in [6.45, 7) is 0.